The molecule has 2 N–H and O–H groups in total. The topological polar surface area (TPSA) is 64.3 Å². The lowest BCUT2D eigenvalue weighted by atomic mass is 10.3. The minimum Gasteiger partial charge on any atom is -0.383 e. The van der Waals surface area contributed by atoms with Crippen molar-refractivity contribution in [2.24, 2.45) is 0 Å². The molecular weight excluding hydrogens is 280 g/mol. The molecule has 2 rings (SSSR count). The van der Waals surface area contributed by atoms with Gasteiger partial charge in [0.25, 0.3) is 0 Å². The Morgan fingerprint density at radius 1 is 1.47 bits per heavy atom. The van der Waals surface area contributed by atoms with Crippen molar-refractivity contribution in [1.29, 1.82) is 0 Å². The number of thiazole rings is 1. The molecule has 0 aromatic carbocycles. The summed E-state index contributed by atoms with van der Waals surface area (Å²) in [7, 11) is 1.71. The van der Waals surface area contributed by atoms with Gasteiger partial charge in [-0.05, 0) is 25.4 Å². The Morgan fingerprint density at radius 3 is 2.84 bits per heavy atom. The third kappa shape index (κ3) is 3.05. The molecule has 2 aromatic heterocycles. The smallest absolute Gasteiger partial charge is 0.149 e. The van der Waals surface area contributed by atoms with E-state index in [1.807, 2.05) is 12.3 Å². The second-order valence-electron chi connectivity index (χ2n) is 4.11. The van der Waals surface area contributed by atoms with E-state index in [0.717, 1.165) is 34.4 Å². The molecule has 0 amide bonds. The fraction of sp³-hybridized carbons (Fsp3) is 0.500. The second-order valence-corrected chi connectivity index (χ2v) is 5.72. The van der Waals surface area contributed by atoms with Gasteiger partial charge in [0, 0.05) is 31.3 Å². The van der Waals surface area contributed by atoms with Crippen molar-refractivity contribution >= 4 is 33.7 Å². The van der Waals surface area contributed by atoms with Crippen LogP contribution in [0.25, 0.3) is 10.6 Å². The van der Waals surface area contributed by atoms with E-state index in [1.54, 1.807) is 18.4 Å². The summed E-state index contributed by atoms with van der Waals surface area (Å²) in [5.41, 5.74) is 7.98. The molecule has 0 aliphatic heterocycles. The lowest BCUT2D eigenvalue weighted by molar-refractivity contribution is 0.205. The number of ether oxygens (including phenoxy) is 1. The van der Waals surface area contributed by atoms with Gasteiger partial charge in [0.2, 0.25) is 0 Å². The van der Waals surface area contributed by atoms with E-state index in [0.29, 0.717) is 12.4 Å². The molecule has 104 valence electrons. The van der Waals surface area contributed by atoms with Crippen molar-refractivity contribution in [3.05, 3.63) is 11.1 Å². The van der Waals surface area contributed by atoms with Gasteiger partial charge in [-0.15, -0.1) is 11.3 Å². The summed E-state index contributed by atoms with van der Waals surface area (Å²) in [5, 5.41) is 4.04. The number of aryl methyl sites for hydroxylation is 1. The molecule has 5 nitrogen and oxygen atoms in total. The van der Waals surface area contributed by atoms with Gasteiger partial charge >= 0.3 is 0 Å². The third-order valence-corrected chi connectivity index (χ3v) is 4.67. The number of nitrogen functional groups attached to an aromatic ring is 1. The highest BCUT2D eigenvalue weighted by molar-refractivity contribution is 7.15. The molecule has 0 aliphatic carbocycles. The van der Waals surface area contributed by atoms with E-state index in [9.17, 15) is 0 Å². The fourth-order valence-electron chi connectivity index (χ4n) is 1.78. The summed E-state index contributed by atoms with van der Waals surface area (Å²) in [6.45, 7) is 6.50. The first-order chi connectivity index (χ1) is 9.17. The number of anilines is 2. The van der Waals surface area contributed by atoms with Crippen molar-refractivity contribution in [2.75, 3.05) is 37.4 Å². The van der Waals surface area contributed by atoms with E-state index >= 15 is 0 Å². The quantitative estimate of drug-likeness (QED) is 0.888. The third-order valence-electron chi connectivity index (χ3n) is 2.77. The number of hydrogen-bond donors (Lipinski definition) is 1. The van der Waals surface area contributed by atoms with Crippen LogP contribution in [0.2, 0.25) is 0 Å². The largest absolute Gasteiger partial charge is 0.383 e. The van der Waals surface area contributed by atoms with Gasteiger partial charge in [-0.3, -0.25) is 0 Å². The van der Waals surface area contributed by atoms with Crippen LogP contribution in [0.5, 0.6) is 0 Å². The van der Waals surface area contributed by atoms with Crippen molar-refractivity contribution in [1.82, 2.24) is 9.36 Å². The SMILES string of the molecule is CCN(CCOC)c1snc(N)c1-c1nc(C)cs1. The molecule has 0 atom stereocenters. The maximum Gasteiger partial charge on any atom is 0.149 e. The lowest BCUT2D eigenvalue weighted by Crippen LogP contribution is -2.26. The van der Waals surface area contributed by atoms with E-state index in [2.05, 4.69) is 21.2 Å². The Bertz CT molecular complexity index is 538. The highest BCUT2D eigenvalue weighted by atomic mass is 32.1. The van der Waals surface area contributed by atoms with Crippen LogP contribution in [-0.4, -0.2) is 36.2 Å². The second kappa shape index (κ2) is 6.31. The molecule has 0 saturated carbocycles. The fourth-order valence-corrected chi connectivity index (χ4v) is 3.60. The molecule has 0 unspecified atom stereocenters. The van der Waals surface area contributed by atoms with Gasteiger partial charge in [-0.2, -0.15) is 4.37 Å². The van der Waals surface area contributed by atoms with Gasteiger partial charge in [-0.1, -0.05) is 0 Å². The zero-order chi connectivity index (χ0) is 13.8. The van der Waals surface area contributed by atoms with Gasteiger partial charge in [0.05, 0.1) is 12.2 Å². The van der Waals surface area contributed by atoms with Crippen LogP contribution in [0.1, 0.15) is 12.6 Å². The summed E-state index contributed by atoms with van der Waals surface area (Å²) in [4.78, 5) is 6.74. The number of likely N-dealkylation sites (N-methyl/N-ethyl adjacent to an activating group) is 1. The minimum absolute atomic E-state index is 0.560. The van der Waals surface area contributed by atoms with E-state index < -0.39 is 0 Å². The molecule has 19 heavy (non-hydrogen) atoms. The predicted octanol–water partition coefficient (Wildman–Crippen LogP) is 2.63. The Balaban J connectivity index is 2.36. The molecule has 0 radical (unpaired) electrons. The highest BCUT2D eigenvalue weighted by Crippen LogP contribution is 2.40. The standard InChI is InChI=1S/C12H18N4OS2/c1-4-16(5-6-17-3)12-9(10(13)15-19-12)11-14-8(2)7-18-11/h7H,4-6H2,1-3H3,(H2,13,15). The zero-order valence-corrected chi connectivity index (χ0v) is 13.0. The molecule has 0 fully saturated rings. The first-order valence-electron chi connectivity index (χ1n) is 6.08. The van der Waals surface area contributed by atoms with E-state index in [-0.39, 0.29) is 0 Å². The number of rotatable bonds is 6. The molecule has 2 aromatic rings. The summed E-state index contributed by atoms with van der Waals surface area (Å²) in [5.74, 6) is 0.560. The maximum atomic E-state index is 6.01. The van der Waals surface area contributed by atoms with Gasteiger partial charge in [0.1, 0.15) is 15.8 Å². The van der Waals surface area contributed by atoms with E-state index in [1.165, 1.54) is 11.5 Å². The molecule has 0 bridgehead atoms. The van der Waals surface area contributed by atoms with Crippen LogP contribution in [0.3, 0.4) is 0 Å². The molecule has 7 heteroatoms. The van der Waals surface area contributed by atoms with Crippen molar-refractivity contribution in [2.45, 2.75) is 13.8 Å². The normalized spacial score (nSPS) is 10.9. The molecule has 0 spiro atoms. The maximum absolute atomic E-state index is 6.01. The van der Waals surface area contributed by atoms with Crippen LogP contribution in [0.15, 0.2) is 5.38 Å². The predicted molar refractivity (Wildman–Crippen MR) is 82.1 cm³/mol. The van der Waals surface area contributed by atoms with Gasteiger partial charge in [-0.25, -0.2) is 4.98 Å². The monoisotopic (exact) mass is 298 g/mol. The highest BCUT2D eigenvalue weighted by Gasteiger charge is 2.20. The first kappa shape index (κ1) is 14.2. The number of nitrogens with two attached hydrogens (primary N) is 1. The van der Waals surface area contributed by atoms with Crippen molar-refractivity contribution in [3.63, 3.8) is 0 Å². The summed E-state index contributed by atoms with van der Waals surface area (Å²) < 4.78 is 9.43. The number of methoxy groups -OCH3 is 1. The van der Waals surface area contributed by atoms with Crippen LogP contribution in [0.4, 0.5) is 10.8 Å². The average molecular weight is 298 g/mol. The molecule has 0 saturated heterocycles. The van der Waals surface area contributed by atoms with Gasteiger partial charge < -0.3 is 15.4 Å². The average Bonchev–Trinajstić information content (AvgIpc) is 2.97. The Morgan fingerprint density at radius 2 is 2.26 bits per heavy atom. The lowest BCUT2D eigenvalue weighted by Gasteiger charge is -2.21. The molecule has 2 heterocycles. The number of hydrogen-bond acceptors (Lipinski definition) is 7. The minimum atomic E-state index is 0.560. The van der Waals surface area contributed by atoms with Crippen molar-refractivity contribution < 1.29 is 4.74 Å². The number of aromatic nitrogens is 2. The van der Waals surface area contributed by atoms with Crippen LogP contribution in [0, 0.1) is 6.92 Å². The Kier molecular flexibility index (Phi) is 4.73. The molecule has 0 aliphatic rings. The Labute approximate surface area is 121 Å². The summed E-state index contributed by atoms with van der Waals surface area (Å²) in [6, 6.07) is 0. The summed E-state index contributed by atoms with van der Waals surface area (Å²) in [6.07, 6.45) is 0. The summed E-state index contributed by atoms with van der Waals surface area (Å²) >= 11 is 3.03. The van der Waals surface area contributed by atoms with Crippen LogP contribution < -0.4 is 10.6 Å². The first-order valence-corrected chi connectivity index (χ1v) is 7.74. The Hall–Kier alpha value is -1.18. The van der Waals surface area contributed by atoms with Crippen LogP contribution >= 0.6 is 22.9 Å². The zero-order valence-electron chi connectivity index (χ0n) is 11.3. The van der Waals surface area contributed by atoms with E-state index in [4.69, 9.17) is 10.5 Å². The van der Waals surface area contributed by atoms with Crippen molar-refractivity contribution in [3.8, 4) is 10.6 Å². The number of nitrogens with zero attached hydrogens (tertiary/aromatic N) is 3. The van der Waals surface area contributed by atoms with Gasteiger partial charge in [0.15, 0.2) is 0 Å². The van der Waals surface area contributed by atoms with Crippen LogP contribution in [-0.2, 0) is 4.74 Å². The molecular formula is C12H18N4OS2.